The number of nitrogens with zero attached hydrogens (tertiary/aromatic N) is 1. The molecule has 4 rings (SSSR count). The second-order valence-electron chi connectivity index (χ2n) is 6.40. The molecule has 5 heteroatoms. The number of rotatable bonds is 2. The minimum Gasteiger partial charge on any atom is -0.395 e. The van der Waals surface area contributed by atoms with Crippen LogP contribution in [0.5, 0.6) is 0 Å². The highest BCUT2D eigenvalue weighted by Gasteiger charge is 2.53. The number of aliphatic hydroxyl groups is 1. The van der Waals surface area contributed by atoms with E-state index in [1.807, 2.05) is 5.06 Å². The van der Waals surface area contributed by atoms with E-state index in [0.29, 0.717) is 6.61 Å². The minimum atomic E-state index is -0.305. The van der Waals surface area contributed by atoms with E-state index in [0.717, 1.165) is 25.7 Å². The molecule has 4 aliphatic rings. The average Bonchev–Trinajstić information content (AvgIpc) is 3.13. The summed E-state index contributed by atoms with van der Waals surface area (Å²) >= 11 is 0. The molecular weight excluding hydrogens is 246 g/mol. The largest absolute Gasteiger partial charge is 0.395 e. The van der Waals surface area contributed by atoms with Gasteiger partial charge in [0, 0.05) is 12.8 Å². The smallest absolute Gasteiger partial charge is 0.168 e. The second kappa shape index (κ2) is 4.67. The lowest BCUT2D eigenvalue weighted by atomic mass is 9.93. The van der Waals surface area contributed by atoms with E-state index in [-0.39, 0.29) is 36.7 Å². The molecule has 1 N–H and O–H groups in total. The molecule has 0 aromatic rings. The van der Waals surface area contributed by atoms with Crippen molar-refractivity contribution in [2.75, 3.05) is 13.2 Å². The van der Waals surface area contributed by atoms with E-state index in [1.54, 1.807) is 0 Å². The lowest BCUT2D eigenvalue weighted by molar-refractivity contribution is -0.207. The summed E-state index contributed by atoms with van der Waals surface area (Å²) in [6.45, 7) is 0.848. The average molecular weight is 269 g/mol. The zero-order chi connectivity index (χ0) is 12.9. The van der Waals surface area contributed by atoms with Crippen molar-refractivity contribution in [2.45, 2.75) is 75.0 Å². The predicted molar refractivity (Wildman–Crippen MR) is 67.2 cm³/mol. The fourth-order valence-electron chi connectivity index (χ4n) is 4.16. The van der Waals surface area contributed by atoms with E-state index in [1.165, 1.54) is 19.3 Å². The van der Waals surface area contributed by atoms with Crippen LogP contribution in [-0.2, 0) is 14.3 Å². The molecule has 0 amide bonds. The van der Waals surface area contributed by atoms with Crippen LogP contribution in [-0.4, -0.2) is 53.5 Å². The molecule has 2 bridgehead atoms. The molecule has 0 radical (unpaired) electrons. The summed E-state index contributed by atoms with van der Waals surface area (Å²) in [5.74, 6) is -0.305. The Morgan fingerprint density at radius 1 is 1.16 bits per heavy atom. The molecule has 0 aromatic carbocycles. The summed E-state index contributed by atoms with van der Waals surface area (Å²) in [5.41, 5.74) is 0. The van der Waals surface area contributed by atoms with Crippen molar-refractivity contribution in [3.63, 3.8) is 0 Å². The van der Waals surface area contributed by atoms with Crippen LogP contribution in [0.3, 0.4) is 0 Å². The lowest BCUT2D eigenvalue weighted by Gasteiger charge is -2.34. The van der Waals surface area contributed by atoms with Gasteiger partial charge >= 0.3 is 0 Å². The molecule has 5 atom stereocenters. The standard InChI is InChI=1S/C14H23NO4/c16-8-10-6-11-7-12(15(10)19-11)13-9-17-14(18-13)4-2-1-3-5-14/h10-13,16H,1-9H2/t10-,11-,12+,13-/m1/s1. The zero-order valence-electron chi connectivity index (χ0n) is 11.3. The summed E-state index contributed by atoms with van der Waals surface area (Å²) in [5, 5.41) is 11.4. The molecule has 5 nitrogen and oxygen atoms in total. The summed E-state index contributed by atoms with van der Waals surface area (Å²) in [6.07, 6.45) is 8.12. The molecular formula is C14H23NO4. The molecule has 0 aromatic heterocycles. The van der Waals surface area contributed by atoms with Gasteiger partial charge in [-0.3, -0.25) is 4.84 Å². The molecule has 4 fully saturated rings. The maximum atomic E-state index is 9.40. The summed E-state index contributed by atoms with van der Waals surface area (Å²) < 4.78 is 12.3. The van der Waals surface area contributed by atoms with Crippen LogP contribution in [0.25, 0.3) is 0 Å². The second-order valence-corrected chi connectivity index (χ2v) is 6.40. The van der Waals surface area contributed by atoms with Gasteiger partial charge in [0.2, 0.25) is 0 Å². The summed E-state index contributed by atoms with van der Waals surface area (Å²) in [6, 6.07) is 0.410. The van der Waals surface area contributed by atoms with Gasteiger partial charge in [0.05, 0.1) is 31.4 Å². The Kier molecular flexibility index (Phi) is 3.08. The number of aliphatic hydroxyl groups excluding tert-OH is 1. The first-order chi connectivity index (χ1) is 9.30. The van der Waals surface area contributed by atoms with Gasteiger partial charge in [-0.25, -0.2) is 0 Å². The Balaban J connectivity index is 1.44. The van der Waals surface area contributed by atoms with Gasteiger partial charge in [0.1, 0.15) is 6.10 Å². The molecule has 3 heterocycles. The number of fused-ring (bicyclic) bond motifs is 2. The quantitative estimate of drug-likeness (QED) is 0.816. The SMILES string of the molecule is OC[C@H]1C[C@@H]2C[C@@H]([C@H]3COC4(CCCCC4)O3)N1O2. The third-order valence-corrected chi connectivity index (χ3v) is 5.13. The van der Waals surface area contributed by atoms with Crippen molar-refractivity contribution in [1.82, 2.24) is 5.06 Å². The molecule has 108 valence electrons. The van der Waals surface area contributed by atoms with Crippen molar-refractivity contribution in [1.29, 1.82) is 0 Å². The highest BCUT2D eigenvalue weighted by atomic mass is 16.8. The van der Waals surface area contributed by atoms with E-state index < -0.39 is 0 Å². The Bertz CT molecular complexity index is 344. The van der Waals surface area contributed by atoms with Crippen molar-refractivity contribution in [3.8, 4) is 0 Å². The third-order valence-electron chi connectivity index (χ3n) is 5.13. The molecule has 3 saturated heterocycles. The van der Waals surface area contributed by atoms with Crippen LogP contribution in [0, 0.1) is 0 Å². The number of hydrogen-bond acceptors (Lipinski definition) is 5. The predicted octanol–water partition coefficient (Wildman–Crippen LogP) is 1.20. The van der Waals surface area contributed by atoms with Crippen LogP contribution >= 0.6 is 0 Å². The number of ether oxygens (including phenoxy) is 2. The van der Waals surface area contributed by atoms with E-state index in [4.69, 9.17) is 14.3 Å². The zero-order valence-corrected chi connectivity index (χ0v) is 11.3. The third kappa shape index (κ3) is 2.03. The van der Waals surface area contributed by atoms with Crippen molar-refractivity contribution in [2.24, 2.45) is 0 Å². The minimum absolute atomic E-state index is 0.109. The van der Waals surface area contributed by atoms with Gasteiger partial charge in [0.25, 0.3) is 0 Å². The van der Waals surface area contributed by atoms with Crippen molar-refractivity contribution in [3.05, 3.63) is 0 Å². The highest BCUT2D eigenvalue weighted by molar-refractivity contribution is 4.97. The van der Waals surface area contributed by atoms with Gasteiger partial charge in [-0.15, -0.1) is 0 Å². The molecule has 1 aliphatic carbocycles. The van der Waals surface area contributed by atoms with Gasteiger partial charge < -0.3 is 14.6 Å². The first kappa shape index (κ1) is 12.5. The number of hydroxylamine groups is 2. The topological polar surface area (TPSA) is 51.2 Å². The van der Waals surface area contributed by atoms with Gasteiger partial charge in [-0.05, 0) is 25.7 Å². The van der Waals surface area contributed by atoms with Crippen molar-refractivity contribution < 1.29 is 19.4 Å². The summed E-state index contributed by atoms with van der Waals surface area (Å²) in [4.78, 5) is 5.81. The first-order valence-electron chi connectivity index (χ1n) is 7.67. The van der Waals surface area contributed by atoms with E-state index in [9.17, 15) is 5.11 Å². The first-order valence-corrected chi connectivity index (χ1v) is 7.67. The fourth-order valence-corrected chi connectivity index (χ4v) is 4.16. The molecule has 3 aliphatic heterocycles. The van der Waals surface area contributed by atoms with Crippen LogP contribution < -0.4 is 0 Å². The maximum absolute atomic E-state index is 9.40. The summed E-state index contributed by atoms with van der Waals surface area (Å²) in [7, 11) is 0. The molecule has 1 saturated carbocycles. The fraction of sp³-hybridized carbons (Fsp3) is 1.00. The van der Waals surface area contributed by atoms with Gasteiger partial charge in [-0.2, -0.15) is 5.06 Å². The van der Waals surface area contributed by atoms with Crippen LogP contribution in [0.15, 0.2) is 0 Å². The Morgan fingerprint density at radius 3 is 2.74 bits per heavy atom. The van der Waals surface area contributed by atoms with Gasteiger partial charge in [0.15, 0.2) is 5.79 Å². The van der Waals surface area contributed by atoms with Gasteiger partial charge in [-0.1, -0.05) is 6.42 Å². The lowest BCUT2D eigenvalue weighted by Crippen LogP contribution is -2.47. The molecule has 19 heavy (non-hydrogen) atoms. The maximum Gasteiger partial charge on any atom is 0.168 e. The van der Waals surface area contributed by atoms with Crippen molar-refractivity contribution >= 4 is 0 Å². The van der Waals surface area contributed by atoms with Crippen LogP contribution in [0.1, 0.15) is 44.9 Å². The van der Waals surface area contributed by atoms with E-state index in [2.05, 4.69) is 0 Å². The van der Waals surface area contributed by atoms with Crippen LogP contribution in [0.4, 0.5) is 0 Å². The number of hydrogen-bond donors (Lipinski definition) is 1. The molecule has 1 spiro atoms. The molecule has 1 unspecified atom stereocenters. The number of piperidine rings is 1. The van der Waals surface area contributed by atoms with Crippen LogP contribution in [0.2, 0.25) is 0 Å². The van der Waals surface area contributed by atoms with E-state index >= 15 is 0 Å². The highest BCUT2D eigenvalue weighted by Crippen LogP contribution is 2.43. The Morgan fingerprint density at radius 2 is 2.00 bits per heavy atom. The Labute approximate surface area is 113 Å². The Hall–Kier alpha value is -0.200. The normalized spacial score (nSPS) is 48.2. The monoisotopic (exact) mass is 269 g/mol.